The molecule has 1 aromatic rings. The lowest BCUT2D eigenvalue weighted by molar-refractivity contribution is -0.134. The fourth-order valence-electron chi connectivity index (χ4n) is 2.75. The average molecular weight is 357 g/mol. The minimum absolute atomic E-state index is 0.0380. The number of amides is 2. The number of rotatable bonds is 5. The van der Waals surface area contributed by atoms with Crippen molar-refractivity contribution < 1.29 is 9.59 Å². The third-order valence-corrected chi connectivity index (χ3v) is 4.53. The normalized spacial score (nSPS) is 15.5. The first-order chi connectivity index (χ1) is 11.0. The maximum absolute atomic E-state index is 12.3. The highest BCUT2D eigenvalue weighted by atomic mass is 35.5. The Morgan fingerprint density at radius 1 is 1.17 bits per heavy atom. The summed E-state index contributed by atoms with van der Waals surface area (Å²) < 4.78 is 0. The van der Waals surface area contributed by atoms with E-state index in [4.69, 9.17) is 23.2 Å². The summed E-state index contributed by atoms with van der Waals surface area (Å²) >= 11 is 11.9. The van der Waals surface area contributed by atoms with Gasteiger partial charge in [-0.15, -0.1) is 0 Å². The number of piperidine rings is 1. The van der Waals surface area contributed by atoms with Crippen LogP contribution in [0.1, 0.15) is 39.0 Å². The van der Waals surface area contributed by atoms with Crippen molar-refractivity contribution in [2.24, 2.45) is 5.92 Å². The molecule has 1 aliphatic rings. The number of hydrogen-bond donors (Lipinski definition) is 1. The van der Waals surface area contributed by atoms with Crippen LogP contribution in [0.15, 0.2) is 18.2 Å². The van der Waals surface area contributed by atoms with Crippen molar-refractivity contribution in [3.63, 3.8) is 0 Å². The van der Waals surface area contributed by atoms with Crippen molar-refractivity contribution in [2.75, 3.05) is 18.4 Å². The first-order valence-electron chi connectivity index (χ1n) is 8.04. The fraction of sp³-hybridized carbons (Fsp3) is 0.529. The van der Waals surface area contributed by atoms with Crippen LogP contribution < -0.4 is 5.32 Å². The summed E-state index contributed by atoms with van der Waals surface area (Å²) in [5, 5.41) is 3.84. The second kappa shape index (κ2) is 8.55. The molecule has 0 radical (unpaired) electrons. The Hall–Kier alpha value is -1.26. The van der Waals surface area contributed by atoms with Crippen LogP contribution in [0.5, 0.6) is 0 Å². The molecule has 23 heavy (non-hydrogen) atoms. The van der Waals surface area contributed by atoms with Crippen LogP contribution in [-0.2, 0) is 9.59 Å². The molecule has 0 aliphatic carbocycles. The van der Waals surface area contributed by atoms with Gasteiger partial charge in [0, 0.05) is 41.2 Å². The van der Waals surface area contributed by atoms with Gasteiger partial charge in [0.05, 0.1) is 0 Å². The van der Waals surface area contributed by atoms with Crippen molar-refractivity contribution >= 4 is 40.7 Å². The van der Waals surface area contributed by atoms with E-state index in [9.17, 15) is 9.59 Å². The molecule has 0 spiro atoms. The average Bonchev–Trinajstić information content (AvgIpc) is 2.51. The standard InChI is InChI=1S/C17H22Cl2N2O2/c1-2-3-4-16(22)21-7-5-12(6-8-21)17(23)20-15-10-13(18)9-14(19)11-15/h9-12H,2-8H2,1H3,(H,20,23). The van der Waals surface area contributed by atoms with Gasteiger partial charge in [-0.3, -0.25) is 9.59 Å². The fourth-order valence-corrected chi connectivity index (χ4v) is 3.27. The zero-order valence-corrected chi connectivity index (χ0v) is 14.8. The number of hydrogen-bond acceptors (Lipinski definition) is 2. The largest absolute Gasteiger partial charge is 0.343 e. The van der Waals surface area contributed by atoms with Crippen molar-refractivity contribution in [2.45, 2.75) is 39.0 Å². The van der Waals surface area contributed by atoms with E-state index in [0.717, 1.165) is 12.8 Å². The minimum Gasteiger partial charge on any atom is -0.343 e. The summed E-state index contributed by atoms with van der Waals surface area (Å²) in [6, 6.07) is 4.97. The molecule has 1 aliphatic heterocycles. The van der Waals surface area contributed by atoms with Crippen molar-refractivity contribution in [3.8, 4) is 0 Å². The molecule has 4 nitrogen and oxygen atoms in total. The second-order valence-electron chi connectivity index (χ2n) is 5.91. The molecule has 0 saturated carbocycles. The van der Waals surface area contributed by atoms with Gasteiger partial charge >= 0.3 is 0 Å². The lowest BCUT2D eigenvalue weighted by Gasteiger charge is -2.31. The molecule has 0 bridgehead atoms. The highest BCUT2D eigenvalue weighted by Gasteiger charge is 2.27. The van der Waals surface area contributed by atoms with Crippen LogP contribution in [0.3, 0.4) is 0 Å². The summed E-state index contributed by atoms with van der Waals surface area (Å²) in [4.78, 5) is 26.2. The Morgan fingerprint density at radius 2 is 1.78 bits per heavy atom. The first kappa shape index (κ1) is 18.1. The van der Waals surface area contributed by atoms with E-state index in [2.05, 4.69) is 12.2 Å². The molecule has 6 heteroatoms. The predicted molar refractivity (Wildman–Crippen MR) is 93.9 cm³/mol. The molecular weight excluding hydrogens is 335 g/mol. The number of nitrogens with zero attached hydrogens (tertiary/aromatic N) is 1. The molecule has 1 fully saturated rings. The lowest BCUT2D eigenvalue weighted by atomic mass is 9.95. The van der Waals surface area contributed by atoms with E-state index >= 15 is 0 Å². The molecule has 1 aromatic carbocycles. The molecule has 0 aromatic heterocycles. The lowest BCUT2D eigenvalue weighted by Crippen LogP contribution is -2.41. The van der Waals surface area contributed by atoms with Crippen LogP contribution in [0.25, 0.3) is 0 Å². The zero-order valence-electron chi connectivity index (χ0n) is 13.3. The summed E-state index contributed by atoms with van der Waals surface area (Å²) in [5.74, 6) is 0.0827. The Morgan fingerprint density at radius 3 is 2.35 bits per heavy atom. The van der Waals surface area contributed by atoms with E-state index in [0.29, 0.717) is 48.1 Å². The topological polar surface area (TPSA) is 49.4 Å². The van der Waals surface area contributed by atoms with Gasteiger partial charge in [-0.2, -0.15) is 0 Å². The monoisotopic (exact) mass is 356 g/mol. The number of nitrogens with one attached hydrogen (secondary N) is 1. The van der Waals surface area contributed by atoms with Gasteiger partial charge in [-0.1, -0.05) is 36.5 Å². The van der Waals surface area contributed by atoms with E-state index in [1.54, 1.807) is 18.2 Å². The van der Waals surface area contributed by atoms with Crippen molar-refractivity contribution in [3.05, 3.63) is 28.2 Å². The van der Waals surface area contributed by atoms with Crippen molar-refractivity contribution in [1.29, 1.82) is 0 Å². The van der Waals surface area contributed by atoms with Crippen LogP contribution in [0.4, 0.5) is 5.69 Å². The third-order valence-electron chi connectivity index (χ3n) is 4.09. The first-order valence-corrected chi connectivity index (χ1v) is 8.80. The predicted octanol–water partition coefficient (Wildman–Crippen LogP) is 4.36. The highest BCUT2D eigenvalue weighted by Crippen LogP contribution is 2.25. The maximum Gasteiger partial charge on any atom is 0.227 e. The molecular formula is C17H22Cl2N2O2. The number of carbonyl (C=O) groups excluding carboxylic acids is 2. The van der Waals surface area contributed by atoms with E-state index in [1.165, 1.54) is 0 Å². The molecule has 2 amide bonds. The smallest absolute Gasteiger partial charge is 0.227 e. The molecule has 1 N–H and O–H groups in total. The van der Waals surface area contributed by atoms with Gasteiger partial charge in [-0.05, 0) is 37.5 Å². The number of unbranched alkanes of at least 4 members (excludes halogenated alkanes) is 1. The molecule has 1 heterocycles. The van der Waals surface area contributed by atoms with Gasteiger partial charge < -0.3 is 10.2 Å². The van der Waals surface area contributed by atoms with E-state index in [-0.39, 0.29) is 17.7 Å². The minimum atomic E-state index is -0.0806. The SMILES string of the molecule is CCCCC(=O)N1CCC(C(=O)Nc2cc(Cl)cc(Cl)c2)CC1. The summed E-state index contributed by atoms with van der Waals surface area (Å²) in [5.41, 5.74) is 0.606. The molecule has 0 unspecified atom stereocenters. The summed E-state index contributed by atoms with van der Waals surface area (Å²) in [6.07, 6.45) is 3.94. The molecule has 1 saturated heterocycles. The van der Waals surface area contributed by atoms with E-state index < -0.39 is 0 Å². The zero-order chi connectivity index (χ0) is 16.8. The number of anilines is 1. The Bertz CT molecular complexity index is 549. The van der Waals surface area contributed by atoms with Crippen LogP contribution in [0.2, 0.25) is 10.0 Å². The summed E-state index contributed by atoms with van der Waals surface area (Å²) in [7, 11) is 0. The highest BCUT2D eigenvalue weighted by molar-refractivity contribution is 6.35. The van der Waals surface area contributed by atoms with Gasteiger partial charge in [0.15, 0.2) is 0 Å². The van der Waals surface area contributed by atoms with Gasteiger partial charge in [0.1, 0.15) is 0 Å². The Labute approximate surface area is 147 Å². The van der Waals surface area contributed by atoms with Crippen LogP contribution >= 0.6 is 23.2 Å². The number of benzene rings is 1. The second-order valence-corrected chi connectivity index (χ2v) is 6.78. The van der Waals surface area contributed by atoms with Gasteiger partial charge in [0.2, 0.25) is 11.8 Å². The molecule has 2 rings (SSSR count). The van der Waals surface area contributed by atoms with Crippen LogP contribution in [0, 0.1) is 5.92 Å². The molecule has 126 valence electrons. The summed E-state index contributed by atoms with van der Waals surface area (Å²) in [6.45, 7) is 3.37. The Kier molecular flexibility index (Phi) is 6.72. The van der Waals surface area contributed by atoms with Gasteiger partial charge in [-0.25, -0.2) is 0 Å². The van der Waals surface area contributed by atoms with Crippen LogP contribution in [-0.4, -0.2) is 29.8 Å². The quantitative estimate of drug-likeness (QED) is 0.851. The maximum atomic E-state index is 12.3. The number of carbonyl (C=O) groups is 2. The van der Waals surface area contributed by atoms with Gasteiger partial charge in [0.25, 0.3) is 0 Å². The van der Waals surface area contributed by atoms with Crippen molar-refractivity contribution in [1.82, 2.24) is 4.90 Å². The molecule has 0 atom stereocenters. The Balaban J connectivity index is 1.85. The third kappa shape index (κ3) is 5.40. The van der Waals surface area contributed by atoms with E-state index in [1.807, 2.05) is 4.90 Å². The number of likely N-dealkylation sites (tertiary alicyclic amines) is 1. The number of halogens is 2.